The smallest absolute Gasteiger partial charge is 0.0965 e. The molecule has 0 spiro atoms. The zero-order valence-electron chi connectivity index (χ0n) is 12.1. The number of aryl methyl sites for hydroxylation is 1. The summed E-state index contributed by atoms with van der Waals surface area (Å²) in [4.78, 5) is 0. The summed E-state index contributed by atoms with van der Waals surface area (Å²) in [5.41, 5.74) is 3.46. The number of nitrogens with one attached hydrogen (secondary N) is 1. The minimum absolute atomic E-state index is 0.0805. The molecule has 1 aromatic heterocycles. The van der Waals surface area contributed by atoms with Crippen molar-refractivity contribution in [1.82, 2.24) is 20.3 Å². The third-order valence-corrected chi connectivity index (χ3v) is 3.33. The first-order chi connectivity index (χ1) is 9.72. The van der Waals surface area contributed by atoms with Crippen LogP contribution in [0.2, 0.25) is 0 Å². The standard InChI is InChI=1S/C15H22N4O/c1-3-15(13-6-4-12(2)5-7-13)16-10-14-11-19(8-9-20)18-17-14/h4-7,11,15-16,20H,3,8-10H2,1-2H3. The molecule has 1 aromatic carbocycles. The molecule has 0 amide bonds. The van der Waals surface area contributed by atoms with E-state index in [1.165, 1.54) is 11.1 Å². The highest BCUT2D eigenvalue weighted by atomic mass is 16.3. The van der Waals surface area contributed by atoms with Gasteiger partial charge in [-0.05, 0) is 18.9 Å². The Labute approximate surface area is 119 Å². The molecule has 5 heteroatoms. The van der Waals surface area contributed by atoms with Gasteiger partial charge in [0.25, 0.3) is 0 Å². The fourth-order valence-corrected chi connectivity index (χ4v) is 2.16. The van der Waals surface area contributed by atoms with E-state index >= 15 is 0 Å². The van der Waals surface area contributed by atoms with E-state index < -0.39 is 0 Å². The monoisotopic (exact) mass is 274 g/mol. The van der Waals surface area contributed by atoms with Gasteiger partial charge in [0.2, 0.25) is 0 Å². The van der Waals surface area contributed by atoms with Gasteiger partial charge in [0.1, 0.15) is 0 Å². The summed E-state index contributed by atoms with van der Waals surface area (Å²) in [5, 5.41) is 20.4. The van der Waals surface area contributed by atoms with Crippen LogP contribution in [0.5, 0.6) is 0 Å². The molecule has 20 heavy (non-hydrogen) atoms. The minimum Gasteiger partial charge on any atom is -0.394 e. The first kappa shape index (κ1) is 14.7. The Morgan fingerprint density at radius 1 is 1.30 bits per heavy atom. The molecule has 108 valence electrons. The van der Waals surface area contributed by atoms with Crippen LogP contribution >= 0.6 is 0 Å². The van der Waals surface area contributed by atoms with Gasteiger partial charge in [0, 0.05) is 18.8 Å². The van der Waals surface area contributed by atoms with Gasteiger partial charge < -0.3 is 10.4 Å². The average Bonchev–Trinajstić information content (AvgIpc) is 2.89. The molecule has 1 atom stereocenters. The summed E-state index contributed by atoms with van der Waals surface area (Å²) >= 11 is 0. The number of hydrogen-bond donors (Lipinski definition) is 2. The Bertz CT molecular complexity index is 521. The van der Waals surface area contributed by atoms with Crippen molar-refractivity contribution in [3.8, 4) is 0 Å². The molecule has 0 fully saturated rings. The van der Waals surface area contributed by atoms with Crippen LogP contribution in [0.25, 0.3) is 0 Å². The summed E-state index contributed by atoms with van der Waals surface area (Å²) in [6.45, 7) is 5.51. The van der Waals surface area contributed by atoms with Gasteiger partial charge in [-0.1, -0.05) is 42.0 Å². The summed E-state index contributed by atoms with van der Waals surface area (Å²) < 4.78 is 1.66. The van der Waals surface area contributed by atoms with Crippen LogP contribution in [0.15, 0.2) is 30.5 Å². The second-order valence-electron chi connectivity index (χ2n) is 4.95. The zero-order chi connectivity index (χ0) is 14.4. The summed E-state index contributed by atoms with van der Waals surface area (Å²) in [6, 6.07) is 8.92. The van der Waals surface area contributed by atoms with Crippen LogP contribution in [-0.2, 0) is 13.1 Å². The lowest BCUT2D eigenvalue weighted by atomic mass is 10.0. The van der Waals surface area contributed by atoms with Crippen molar-refractivity contribution in [2.75, 3.05) is 6.61 Å². The molecule has 5 nitrogen and oxygen atoms in total. The van der Waals surface area contributed by atoms with E-state index in [-0.39, 0.29) is 6.61 Å². The molecule has 2 rings (SSSR count). The minimum atomic E-state index is 0.0805. The Morgan fingerprint density at radius 3 is 2.70 bits per heavy atom. The number of rotatable bonds is 7. The first-order valence-electron chi connectivity index (χ1n) is 7.02. The topological polar surface area (TPSA) is 63.0 Å². The molecule has 0 aliphatic carbocycles. The van der Waals surface area contributed by atoms with Crippen molar-refractivity contribution >= 4 is 0 Å². The first-order valence-corrected chi connectivity index (χ1v) is 7.02. The van der Waals surface area contributed by atoms with Crippen molar-refractivity contribution in [2.24, 2.45) is 0 Å². The quantitative estimate of drug-likeness (QED) is 0.808. The molecule has 0 aliphatic rings. The lowest BCUT2D eigenvalue weighted by Gasteiger charge is -2.16. The predicted molar refractivity (Wildman–Crippen MR) is 78.2 cm³/mol. The molecule has 1 heterocycles. The lowest BCUT2D eigenvalue weighted by molar-refractivity contribution is 0.268. The maximum atomic E-state index is 8.85. The van der Waals surface area contributed by atoms with Gasteiger partial charge in [-0.15, -0.1) is 5.10 Å². The Kier molecular flexibility index (Phi) is 5.26. The largest absolute Gasteiger partial charge is 0.394 e. The highest BCUT2D eigenvalue weighted by Crippen LogP contribution is 2.17. The number of nitrogens with zero attached hydrogens (tertiary/aromatic N) is 3. The van der Waals surface area contributed by atoms with Crippen LogP contribution < -0.4 is 5.32 Å². The fraction of sp³-hybridized carbons (Fsp3) is 0.467. The number of aromatic nitrogens is 3. The maximum Gasteiger partial charge on any atom is 0.0965 e. The molecule has 2 aromatic rings. The molecular formula is C15H22N4O. The molecule has 0 radical (unpaired) electrons. The third-order valence-electron chi connectivity index (χ3n) is 3.33. The van der Waals surface area contributed by atoms with Crippen molar-refractivity contribution in [2.45, 2.75) is 39.4 Å². The van der Waals surface area contributed by atoms with Crippen molar-refractivity contribution in [1.29, 1.82) is 0 Å². The van der Waals surface area contributed by atoms with Crippen LogP contribution in [0.1, 0.15) is 36.2 Å². The summed E-state index contributed by atoms with van der Waals surface area (Å²) in [5.74, 6) is 0. The van der Waals surface area contributed by atoms with Crippen LogP contribution in [0.3, 0.4) is 0 Å². The van der Waals surface area contributed by atoms with E-state index in [0.717, 1.165) is 12.1 Å². The van der Waals surface area contributed by atoms with Gasteiger partial charge in [-0.3, -0.25) is 0 Å². The second-order valence-corrected chi connectivity index (χ2v) is 4.95. The predicted octanol–water partition coefficient (Wildman–Crippen LogP) is 1.82. The van der Waals surface area contributed by atoms with E-state index in [1.807, 2.05) is 6.20 Å². The molecule has 0 saturated carbocycles. The van der Waals surface area contributed by atoms with Gasteiger partial charge >= 0.3 is 0 Å². The number of hydrogen-bond acceptors (Lipinski definition) is 4. The Balaban J connectivity index is 1.94. The summed E-state index contributed by atoms with van der Waals surface area (Å²) in [6.07, 6.45) is 2.89. The van der Waals surface area contributed by atoms with E-state index in [9.17, 15) is 0 Å². The highest BCUT2D eigenvalue weighted by Gasteiger charge is 2.09. The van der Waals surface area contributed by atoms with Gasteiger partial charge in [-0.25, -0.2) is 4.68 Å². The zero-order valence-corrected chi connectivity index (χ0v) is 12.1. The van der Waals surface area contributed by atoms with Gasteiger partial charge in [0.15, 0.2) is 0 Å². The van der Waals surface area contributed by atoms with E-state index in [1.54, 1.807) is 4.68 Å². The molecule has 0 aliphatic heterocycles. The molecular weight excluding hydrogens is 252 g/mol. The van der Waals surface area contributed by atoms with Gasteiger partial charge in [-0.2, -0.15) is 0 Å². The number of aliphatic hydroxyl groups is 1. The Morgan fingerprint density at radius 2 is 2.05 bits per heavy atom. The lowest BCUT2D eigenvalue weighted by Crippen LogP contribution is -2.20. The maximum absolute atomic E-state index is 8.85. The molecule has 0 bridgehead atoms. The second kappa shape index (κ2) is 7.17. The van der Waals surface area contributed by atoms with E-state index in [2.05, 4.69) is 53.7 Å². The molecule has 0 saturated heterocycles. The molecule has 2 N–H and O–H groups in total. The number of benzene rings is 1. The van der Waals surface area contributed by atoms with Crippen molar-refractivity contribution in [3.05, 3.63) is 47.3 Å². The summed E-state index contributed by atoms with van der Waals surface area (Å²) in [7, 11) is 0. The Hall–Kier alpha value is -1.72. The van der Waals surface area contributed by atoms with Crippen LogP contribution in [0.4, 0.5) is 0 Å². The van der Waals surface area contributed by atoms with Gasteiger partial charge in [0.05, 0.1) is 18.8 Å². The highest BCUT2D eigenvalue weighted by molar-refractivity contribution is 5.24. The average molecular weight is 274 g/mol. The van der Waals surface area contributed by atoms with E-state index in [4.69, 9.17) is 5.11 Å². The van der Waals surface area contributed by atoms with Crippen molar-refractivity contribution in [3.63, 3.8) is 0 Å². The number of aliphatic hydroxyl groups excluding tert-OH is 1. The third kappa shape index (κ3) is 3.88. The SMILES string of the molecule is CCC(NCc1cn(CCO)nn1)c1ccc(C)cc1. The normalized spacial score (nSPS) is 12.6. The van der Waals surface area contributed by atoms with Crippen LogP contribution in [-0.4, -0.2) is 26.7 Å². The van der Waals surface area contributed by atoms with Crippen LogP contribution in [0, 0.1) is 6.92 Å². The van der Waals surface area contributed by atoms with Crippen molar-refractivity contribution < 1.29 is 5.11 Å². The molecule has 1 unspecified atom stereocenters. The van der Waals surface area contributed by atoms with E-state index in [0.29, 0.717) is 19.1 Å². The fourth-order valence-electron chi connectivity index (χ4n) is 2.16.